The fourth-order valence-corrected chi connectivity index (χ4v) is 1.96. The molecule has 1 atom stereocenters. The quantitative estimate of drug-likeness (QED) is 0.839. The van der Waals surface area contributed by atoms with E-state index in [1.807, 2.05) is 27.7 Å². The largest absolute Gasteiger partial charge is 0.480 e. The van der Waals surface area contributed by atoms with Crippen LogP contribution < -0.4 is 5.73 Å². The number of hydrogen-bond acceptors (Lipinski definition) is 3. The first-order valence-corrected chi connectivity index (χ1v) is 6.21. The predicted molar refractivity (Wildman–Crippen MR) is 69.4 cm³/mol. The Hall–Kier alpha value is -0.975. The van der Waals surface area contributed by atoms with Gasteiger partial charge < -0.3 is 15.0 Å². The highest BCUT2D eigenvalue weighted by Gasteiger charge is 2.53. The minimum atomic E-state index is -0.954. The molecule has 0 aliphatic carbocycles. The van der Waals surface area contributed by atoms with Crippen molar-refractivity contribution in [3.63, 3.8) is 0 Å². The minimum Gasteiger partial charge on any atom is -0.402 e. The van der Waals surface area contributed by atoms with E-state index in [1.54, 1.807) is 0 Å². The lowest BCUT2D eigenvalue weighted by Gasteiger charge is -2.32. The maximum Gasteiger partial charge on any atom is 0.480 e. The summed E-state index contributed by atoms with van der Waals surface area (Å²) in [6.45, 7) is 7.51. The lowest BCUT2D eigenvalue weighted by molar-refractivity contribution is 0.00578. The third-order valence-electron chi connectivity index (χ3n) is 3.91. The summed E-state index contributed by atoms with van der Waals surface area (Å²) in [6.07, 6.45) is 0. The van der Waals surface area contributed by atoms with E-state index < -0.39 is 35.9 Å². The van der Waals surface area contributed by atoms with E-state index in [0.717, 1.165) is 6.07 Å². The van der Waals surface area contributed by atoms with Crippen molar-refractivity contribution in [1.82, 2.24) is 0 Å². The highest BCUT2D eigenvalue weighted by Crippen LogP contribution is 2.39. The Morgan fingerprint density at radius 2 is 1.63 bits per heavy atom. The molecule has 1 aromatic rings. The summed E-state index contributed by atoms with van der Waals surface area (Å²) < 4.78 is 38.4. The van der Waals surface area contributed by atoms with Gasteiger partial charge >= 0.3 is 7.12 Å². The summed E-state index contributed by atoms with van der Waals surface area (Å²) in [4.78, 5) is 0. The lowest BCUT2D eigenvalue weighted by atomic mass is 9.74. The van der Waals surface area contributed by atoms with E-state index in [9.17, 15) is 8.78 Å². The Kier molecular flexibility index (Phi) is 3.45. The van der Waals surface area contributed by atoms with Crippen molar-refractivity contribution < 1.29 is 18.1 Å². The molecule has 0 spiro atoms. The van der Waals surface area contributed by atoms with E-state index >= 15 is 0 Å². The second-order valence-electron chi connectivity index (χ2n) is 5.79. The summed E-state index contributed by atoms with van der Waals surface area (Å²) in [7, 11) is -0.804. The molecular weight excluding hydrogens is 251 g/mol. The van der Waals surface area contributed by atoms with Crippen molar-refractivity contribution in [2.24, 2.45) is 5.73 Å². The standard InChI is InChI=1S/C13H18BF2NO2/c1-12(2)13(3,4)19-14(18-12)11(17)8-6-5-7-9(15)10(8)16/h5-7,11H,17H2,1-4H3/t11-/m0/s1. The number of benzene rings is 1. The van der Waals surface area contributed by atoms with Gasteiger partial charge in [0.1, 0.15) is 0 Å². The Labute approximate surface area is 112 Å². The molecule has 0 amide bonds. The Morgan fingerprint density at radius 1 is 1.11 bits per heavy atom. The molecule has 0 saturated carbocycles. The van der Waals surface area contributed by atoms with Crippen molar-refractivity contribution in [3.8, 4) is 0 Å². The van der Waals surface area contributed by atoms with Gasteiger partial charge in [-0.1, -0.05) is 12.1 Å². The van der Waals surface area contributed by atoms with Gasteiger partial charge in [-0.05, 0) is 33.8 Å². The average molecular weight is 269 g/mol. The summed E-state index contributed by atoms with van der Waals surface area (Å²) >= 11 is 0. The molecule has 2 N–H and O–H groups in total. The van der Waals surface area contributed by atoms with Gasteiger partial charge in [0.05, 0.1) is 17.1 Å². The molecule has 104 valence electrons. The molecule has 1 heterocycles. The molecule has 1 aromatic carbocycles. The smallest absolute Gasteiger partial charge is 0.402 e. The van der Waals surface area contributed by atoms with Gasteiger partial charge in [0.15, 0.2) is 11.6 Å². The summed E-state index contributed by atoms with van der Waals surface area (Å²) in [5.74, 6) is -2.76. The van der Waals surface area contributed by atoms with Crippen LogP contribution in [0.2, 0.25) is 0 Å². The molecule has 0 bridgehead atoms. The van der Waals surface area contributed by atoms with Gasteiger partial charge in [-0.2, -0.15) is 0 Å². The lowest BCUT2D eigenvalue weighted by Crippen LogP contribution is -2.41. The van der Waals surface area contributed by atoms with Crippen LogP contribution in [-0.2, 0) is 9.31 Å². The molecule has 0 radical (unpaired) electrons. The summed E-state index contributed by atoms with van der Waals surface area (Å²) in [5, 5.41) is 0. The maximum absolute atomic E-state index is 13.7. The fourth-order valence-electron chi connectivity index (χ4n) is 1.96. The zero-order valence-electron chi connectivity index (χ0n) is 11.5. The Morgan fingerprint density at radius 3 is 2.16 bits per heavy atom. The predicted octanol–water partition coefficient (Wildman–Crippen LogP) is 2.60. The van der Waals surface area contributed by atoms with E-state index in [0.29, 0.717) is 0 Å². The van der Waals surface area contributed by atoms with Crippen molar-refractivity contribution in [2.75, 3.05) is 0 Å². The molecule has 6 heteroatoms. The van der Waals surface area contributed by atoms with Gasteiger partial charge in [-0.3, -0.25) is 0 Å². The van der Waals surface area contributed by atoms with Crippen LogP contribution in [0.3, 0.4) is 0 Å². The molecule has 1 aliphatic rings. The first-order chi connectivity index (χ1) is 8.66. The topological polar surface area (TPSA) is 44.5 Å². The SMILES string of the molecule is CC1(C)OB([C@@H](N)c2cccc(F)c2F)OC1(C)C. The van der Waals surface area contributed by atoms with E-state index in [-0.39, 0.29) is 5.56 Å². The second kappa shape index (κ2) is 4.54. The maximum atomic E-state index is 13.7. The van der Waals surface area contributed by atoms with Gasteiger partial charge in [0.2, 0.25) is 0 Å². The van der Waals surface area contributed by atoms with Crippen LogP contribution in [0.15, 0.2) is 18.2 Å². The van der Waals surface area contributed by atoms with Crippen LogP contribution in [0, 0.1) is 11.6 Å². The van der Waals surface area contributed by atoms with Crippen LogP contribution in [0.5, 0.6) is 0 Å². The second-order valence-corrected chi connectivity index (χ2v) is 5.79. The number of nitrogens with two attached hydrogens (primary N) is 1. The van der Waals surface area contributed by atoms with Crippen molar-refractivity contribution >= 4 is 7.12 Å². The molecule has 3 nitrogen and oxygen atoms in total. The van der Waals surface area contributed by atoms with Crippen LogP contribution in [0.1, 0.15) is 39.2 Å². The number of hydrogen-bond donors (Lipinski definition) is 1. The highest BCUT2D eigenvalue weighted by molar-refractivity contribution is 6.47. The fraction of sp³-hybridized carbons (Fsp3) is 0.538. The van der Waals surface area contributed by atoms with E-state index in [4.69, 9.17) is 15.0 Å². The van der Waals surface area contributed by atoms with Crippen molar-refractivity contribution in [3.05, 3.63) is 35.4 Å². The molecule has 19 heavy (non-hydrogen) atoms. The number of rotatable bonds is 2. The monoisotopic (exact) mass is 269 g/mol. The normalized spacial score (nSPS) is 22.6. The van der Waals surface area contributed by atoms with E-state index in [2.05, 4.69) is 0 Å². The van der Waals surface area contributed by atoms with Crippen molar-refractivity contribution in [1.29, 1.82) is 0 Å². The molecule has 1 aliphatic heterocycles. The summed E-state index contributed by atoms with van der Waals surface area (Å²) in [5.41, 5.74) is 4.90. The molecule has 2 rings (SSSR count). The highest BCUT2D eigenvalue weighted by atomic mass is 19.2. The van der Waals surface area contributed by atoms with Gasteiger partial charge in [0, 0.05) is 5.56 Å². The Balaban J connectivity index is 2.27. The third-order valence-corrected chi connectivity index (χ3v) is 3.91. The zero-order chi connectivity index (χ0) is 14.4. The van der Waals surface area contributed by atoms with Gasteiger partial charge in [-0.15, -0.1) is 0 Å². The molecule has 1 saturated heterocycles. The molecule has 0 aromatic heterocycles. The van der Waals surface area contributed by atoms with Crippen LogP contribution in [-0.4, -0.2) is 18.3 Å². The minimum absolute atomic E-state index is 0.0542. The zero-order valence-corrected chi connectivity index (χ0v) is 11.5. The summed E-state index contributed by atoms with van der Waals surface area (Å²) in [6, 6.07) is 3.91. The van der Waals surface area contributed by atoms with E-state index in [1.165, 1.54) is 12.1 Å². The van der Waals surface area contributed by atoms with Gasteiger partial charge in [-0.25, -0.2) is 8.78 Å². The van der Waals surface area contributed by atoms with Gasteiger partial charge in [0.25, 0.3) is 0 Å². The molecular formula is C13H18BF2NO2. The van der Waals surface area contributed by atoms with Crippen LogP contribution in [0.25, 0.3) is 0 Å². The third kappa shape index (κ3) is 2.40. The average Bonchev–Trinajstić information content (AvgIpc) is 2.51. The molecule has 0 unspecified atom stereocenters. The first kappa shape index (κ1) is 14.4. The van der Waals surface area contributed by atoms with Crippen LogP contribution in [0.4, 0.5) is 8.78 Å². The molecule has 1 fully saturated rings. The van der Waals surface area contributed by atoms with Crippen molar-refractivity contribution in [2.45, 2.75) is 44.8 Å². The number of halogens is 2. The first-order valence-electron chi connectivity index (χ1n) is 6.21. The Bertz CT molecular complexity index is 478. The van der Waals surface area contributed by atoms with Crippen LogP contribution >= 0.6 is 0 Å².